The first-order chi connectivity index (χ1) is 17.9. The standard InChI is InChI=1S/C27H41ClF2N4O3/c1-37-22-10-9-20(30)14-21(22)26-32-24(16-5-7-18(28)8-6-16)25(17-3-2-4-19(29)13-17)34(26)27(36)33-12-11-31-23(35)15-33/h16-22,24-25H,2-15H2,1H3,(H,31,35). The van der Waals surface area contributed by atoms with Gasteiger partial charge in [0.1, 0.15) is 24.7 Å². The number of piperazine rings is 1. The van der Waals surface area contributed by atoms with Gasteiger partial charge in [-0.15, -0.1) is 11.6 Å². The lowest BCUT2D eigenvalue weighted by atomic mass is 9.73. The molecule has 3 amide bonds. The fraction of sp³-hybridized carbons (Fsp3) is 0.889. The Labute approximate surface area is 223 Å². The number of rotatable bonds is 4. The van der Waals surface area contributed by atoms with E-state index in [2.05, 4.69) is 5.32 Å². The molecule has 4 fully saturated rings. The van der Waals surface area contributed by atoms with Gasteiger partial charge in [-0.1, -0.05) is 6.42 Å². The van der Waals surface area contributed by atoms with E-state index in [0.717, 1.165) is 38.5 Å². The van der Waals surface area contributed by atoms with Crippen molar-refractivity contribution in [2.24, 2.45) is 22.7 Å². The van der Waals surface area contributed by atoms with Gasteiger partial charge in [0.2, 0.25) is 5.91 Å². The number of nitrogens with zero attached hydrogens (tertiary/aromatic N) is 3. The van der Waals surface area contributed by atoms with Crippen LogP contribution in [0.2, 0.25) is 0 Å². The van der Waals surface area contributed by atoms with E-state index in [9.17, 15) is 18.4 Å². The highest BCUT2D eigenvalue weighted by Gasteiger charge is 2.52. The molecule has 7 atom stereocenters. The van der Waals surface area contributed by atoms with Crippen molar-refractivity contribution in [1.29, 1.82) is 0 Å². The molecule has 5 aliphatic rings. The van der Waals surface area contributed by atoms with Crippen molar-refractivity contribution in [2.75, 3.05) is 26.7 Å². The number of carbonyl (C=O) groups is 2. The molecule has 208 valence electrons. The first kappa shape index (κ1) is 27.1. The third-order valence-electron chi connectivity index (χ3n) is 9.37. The van der Waals surface area contributed by atoms with Crippen molar-refractivity contribution < 1.29 is 23.1 Å². The Morgan fingerprint density at radius 3 is 2.49 bits per heavy atom. The average Bonchev–Trinajstić information content (AvgIpc) is 3.29. The van der Waals surface area contributed by atoms with Crippen molar-refractivity contribution in [3.63, 3.8) is 0 Å². The van der Waals surface area contributed by atoms with Gasteiger partial charge in [0, 0.05) is 31.5 Å². The first-order valence-corrected chi connectivity index (χ1v) is 14.7. The molecule has 0 spiro atoms. The van der Waals surface area contributed by atoms with Crippen LogP contribution >= 0.6 is 11.6 Å². The van der Waals surface area contributed by atoms with E-state index in [4.69, 9.17) is 21.3 Å². The van der Waals surface area contributed by atoms with Crippen molar-refractivity contribution in [3.05, 3.63) is 0 Å². The molecule has 37 heavy (non-hydrogen) atoms. The molecule has 3 aliphatic carbocycles. The molecule has 0 aromatic rings. The quantitative estimate of drug-likeness (QED) is 0.533. The second-order valence-electron chi connectivity index (χ2n) is 11.7. The van der Waals surface area contributed by atoms with Crippen LogP contribution in [0.25, 0.3) is 0 Å². The summed E-state index contributed by atoms with van der Waals surface area (Å²) >= 11 is 6.44. The predicted molar refractivity (Wildman–Crippen MR) is 138 cm³/mol. The highest BCUT2D eigenvalue weighted by molar-refractivity contribution is 6.20. The number of ether oxygens (including phenoxy) is 1. The Hall–Kier alpha value is -1.48. The number of urea groups is 1. The number of nitrogens with one attached hydrogen (secondary N) is 1. The maximum absolute atomic E-state index is 14.8. The molecule has 2 aliphatic heterocycles. The molecule has 7 nitrogen and oxygen atoms in total. The Balaban J connectivity index is 1.54. The molecule has 1 saturated heterocycles. The third kappa shape index (κ3) is 5.77. The van der Waals surface area contributed by atoms with Crippen molar-refractivity contribution in [3.8, 4) is 0 Å². The summed E-state index contributed by atoms with van der Waals surface area (Å²) in [5.41, 5.74) is 0. The van der Waals surface area contributed by atoms with E-state index in [-0.39, 0.29) is 66.2 Å². The number of amidine groups is 1. The van der Waals surface area contributed by atoms with Crippen LogP contribution in [-0.2, 0) is 9.53 Å². The lowest BCUT2D eigenvalue weighted by Gasteiger charge is -2.44. The van der Waals surface area contributed by atoms with Crippen molar-refractivity contribution in [2.45, 2.75) is 107 Å². The molecule has 1 N–H and O–H groups in total. The Morgan fingerprint density at radius 2 is 1.78 bits per heavy atom. The number of hydrogen-bond donors (Lipinski definition) is 1. The second-order valence-corrected chi connectivity index (χ2v) is 12.3. The highest BCUT2D eigenvalue weighted by atomic mass is 35.5. The second kappa shape index (κ2) is 11.7. The molecule has 0 aromatic carbocycles. The van der Waals surface area contributed by atoms with Crippen LogP contribution in [-0.4, -0.2) is 90.2 Å². The van der Waals surface area contributed by atoms with E-state index in [1.165, 1.54) is 0 Å². The number of halogens is 3. The zero-order chi connectivity index (χ0) is 26.1. The van der Waals surface area contributed by atoms with E-state index in [1.54, 1.807) is 16.9 Å². The number of hydrogen-bond acceptors (Lipinski definition) is 4. The SMILES string of the molecule is COC1CCC(F)CC1C1=NC(C2CCC(Cl)CC2)C(C2CCCC(F)C2)N1C(=O)N1CCNC(=O)C1. The maximum atomic E-state index is 14.8. The van der Waals surface area contributed by atoms with Crippen LogP contribution in [0.15, 0.2) is 4.99 Å². The summed E-state index contributed by atoms with van der Waals surface area (Å²) in [4.78, 5) is 35.1. The summed E-state index contributed by atoms with van der Waals surface area (Å²) in [5.74, 6) is 0.260. The van der Waals surface area contributed by atoms with Crippen LogP contribution in [0.3, 0.4) is 0 Å². The van der Waals surface area contributed by atoms with Gasteiger partial charge in [0.25, 0.3) is 0 Å². The van der Waals surface area contributed by atoms with E-state index < -0.39 is 12.3 Å². The van der Waals surface area contributed by atoms with Crippen LogP contribution in [0.1, 0.15) is 70.6 Å². The van der Waals surface area contributed by atoms with Gasteiger partial charge in [0.15, 0.2) is 0 Å². The van der Waals surface area contributed by atoms with E-state index >= 15 is 0 Å². The molecule has 2 heterocycles. The molecule has 0 bridgehead atoms. The number of aliphatic imine (C=N–C) groups is 1. The van der Waals surface area contributed by atoms with Crippen LogP contribution < -0.4 is 5.32 Å². The topological polar surface area (TPSA) is 74.2 Å². The zero-order valence-corrected chi connectivity index (χ0v) is 22.6. The van der Waals surface area contributed by atoms with Gasteiger partial charge in [-0.2, -0.15) is 0 Å². The molecule has 0 radical (unpaired) electrons. The fourth-order valence-electron chi connectivity index (χ4n) is 7.47. The Bertz CT molecular complexity index is 871. The molecule has 3 saturated carbocycles. The maximum Gasteiger partial charge on any atom is 0.326 e. The van der Waals surface area contributed by atoms with Crippen LogP contribution in [0.5, 0.6) is 0 Å². The minimum atomic E-state index is -0.981. The average molecular weight is 543 g/mol. The van der Waals surface area contributed by atoms with Gasteiger partial charge < -0.3 is 15.0 Å². The summed E-state index contributed by atoms with van der Waals surface area (Å²) in [7, 11) is 1.64. The normalized spacial score (nSPS) is 41.4. The van der Waals surface area contributed by atoms with E-state index in [1.807, 2.05) is 0 Å². The number of amides is 3. The van der Waals surface area contributed by atoms with Gasteiger partial charge in [-0.25, -0.2) is 13.6 Å². The molecule has 0 aromatic heterocycles. The molecule has 10 heteroatoms. The summed E-state index contributed by atoms with van der Waals surface area (Å²) in [5, 5.41) is 2.94. The first-order valence-electron chi connectivity index (χ1n) is 14.2. The molecule has 7 unspecified atom stereocenters. The molecular formula is C27H41ClF2N4O3. The Morgan fingerprint density at radius 1 is 1.03 bits per heavy atom. The zero-order valence-electron chi connectivity index (χ0n) is 21.8. The summed E-state index contributed by atoms with van der Waals surface area (Å²) in [6.07, 6.45) is 5.35. The molecular weight excluding hydrogens is 502 g/mol. The number of carbonyl (C=O) groups excluding carboxylic acids is 2. The smallest absolute Gasteiger partial charge is 0.326 e. The largest absolute Gasteiger partial charge is 0.381 e. The highest BCUT2D eigenvalue weighted by Crippen LogP contribution is 2.45. The predicted octanol–water partition coefficient (Wildman–Crippen LogP) is 4.47. The minimum absolute atomic E-state index is 0.0160. The van der Waals surface area contributed by atoms with E-state index in [0.29, 0.717) is 44.6 Å². The summed E-state index contributed by atoms with van der Waals surface area (Å²) in [6, 6.07) is -0.723. The third-order valence-corrected chi connectivity index (χ3v) is 9.80. The van der Waals surface area contributed by atoms with Crippen molar-refractivity contribution >= 4 is 29.4 Å². The fourth-order valence-corrected chi connectivity index (χ4v) is 7.72. The Kier molecular flexibility index (Phi) is 8.59. The summed E-state index contributed by atoms with van der Waals surface area (Å²) < 4.78 is 35.4. The lowest BCUT2D eigenvalue weighted by Crippen LogP contribution is -2.60. The van der Waals surface area contributed by atoms with Crippen molar-refractivity contribution in [1.82, 2.24) is 15.1 Å². The van der Waals surface area contributed by atoms with Crippen LogP contribution in [0, 0.1) is 17.8 Å². The number of methoxy groups -OCH3 is 1. The van der Waals surface area contributed by atoms with Gasteiger partial charge in [-0.05, 0) is 76.0 Å². The monoisotopic (exact) mass is 542 g/mol. The molecule has 5 rings (SSSR count). The van der Waals surface area contributed by atoms with Crippen LogP contribution in [0.4, 0.5) is 13.6 Å². The van der Waals surface area contributed by atoms with Gasteiger partial charge in [-0.3, -0.25) is 14.7 Å². The minimum Gasteiger partial charge on any atom is -0.381 e. The lowest BCUT2D eigenvalue weighted by molar-refractivity contribution is -0.123. The summed E-state index contributed by atoms with van der Waals surface area (Å²) in [6.45, 7) is 0.785. The van der Waals surface area contributed by atoms with Gasteiger partial charge >= 0.3 is 6.03 Å². The van der Waals surface area contributed by atoms with Gasteiger partial charge in [0.05, 0.1) is 18.2 Å². The number of alkyl halides is 3.